The highest BCUT2D eigenvalue weighted by molar-refractivity contribution is 5.75. The van der Waals surface area contributed by atoms with E-state index in [0.717, 1.165) is 0 Å². The van der Waals surface area contributed by atoms with Gasteiger partial charge in [0.1, 0.15) is 5.60 Å². The third kappa shape index (κ3) is 2.08. The third-order valence-electron chi connectivity index (χ3n) is 2.91. The van der Waals surface area contributed by atoms with Crippen LogP contribution in [0.15, 0.2) is 0 Å². The molecule has 1 aliphatic carbocycles. The number of aliphatic hydroxyl groups excluding tert-OH is 1. The Hall–Kier alpha value is -0.570. The molecule has 0 saturated heterocycles. The van der Waals surface area contributed by atoms with Crippen LogP contribution in [0.3, 0.4) is 0 Å². The second kappa shape index (κ2) is 3.23. The number of ether oxygens (including phenoxy) is 1. The topological polar surface area (TPSA) is 46.5 Å². The molecule has 0 radical (unpaired) electrons. The highest BCUT2D eigenvalue weighted by Crippen LogP contribution is 2.47. The van der Waals surface area contributed by atoms with E-state index in [1.807, 2.05) is 34.6 Å². The summed E-state index contributed by atoms with van der Waals surface area (Å²) in [4.78, 5) is 11.7. The minimum atomic E-state index is -0.437. The van der Waals surface area contributed by atoms with E-state index in [2.05, 4.69) is 0 Å². The summed E-state index contributed by atoms with van der Waals surface area (Å²) >= 11 is 0. The number of aliphatic hydroxyl groups is 1. The van der Waals surface area contributed by atoms with Crippen molar-refractivity contribution in [1.29, 1.82) is 0 Å². The number of carbonyl (C=O) groups is 1. The Balaban J connectivity index is 2.57. The number of rotatable bonds is 1. The quantitative estimate of drug-likeness (QED) is 0.656. The smallest absolute Gasteiger partial charge is 0.310 e. The number of esters is 1. The van der Waals surface area contributed by atoms with Gasteiger partial charge < -0.3 is 9.84 Å². The first-order valence-electron chi connectivity index (χ1n) is 5.05. The lowest BCUT2D eigenvalue weighted by atomic mass is 9.60. The molecule has 0 heterocycles. The summed E-state index contributed by atoms with van der Waals surface area (Å²) in [5.74, 6) is -0.343. The monoisotopic (exact) mass is 200 g/mol. The molecule has 0 unspecified atom stereocenters. The van der Waals surface area contributed by atoms with Gasteiger partial charge in [-0.3, -0.25) is 4.79 Å². The Labute approximate surface area is 85.5 Å². The normalized spacial score (nSPS) is 30.7. The average Bonchev–Trinajstić information content (AvgIpc) is 1.96. The van der Waals surface area contributed by atoms with Gasteiger partial charge in [0.2, 0.25) is 0 Å². The standard InChI is InChI=1S/C11H20O3/c1-10(2,3)14-9(13)7-6-8(12)11(7,4)5/h7-8,12H,6H2,1-5H3/t7-,8-/m0/s1. The van der Waals surface area contributed by atoms with E-state index >= 15 is 0 Å². The first-order chi connectivity index (χ1) is 6.14. The van der Waals surface area contributed by atoms with Gasteiger partial charge in [0.15, 0.2) is 0 Å². The van der Waals surface area contributed by atoms with Crippen LogP contribution in [0.5, 0.6) is 0 Å². The minimum absolute atomic E-state index is 0.156. The summed E-state index contributed by atoms with van der Waals surface area (Å²) in [6.07, 6.45) is 0.155. The SMILES string of the molecule is CC(C)(C)OC(=O)[C@@H]1C[C@H](O)C1(C)C. The zero-order valence-electron chi connectivity index (χ0n) is 9.63. The van der Waals surface area contributed by atoms with Gasteiger partial charge in [-0.2, -0.15) is 0 Å². The van der Waals surface area contributed by atoms with Crippen molar-refractivity contribution in [3.63, 3.8) is 0 Å². The first kappa shape index (κ1) is 11.5. The highest BCUT2D eigenvalue weighted by atomic mass is 16.6. The molecule has 2 atom stereocenters. The molecule has 1 N–H and O–H groups in total. The summed E-state index contributed by atoms with van der Waals surface area (Å²) in [6.45, 7) is 9.36. The zero-order chi connectivity index (χ0) is 11.1. The van der Waals surface area contributed by atoms with Gasteiger partial charge in [0.25, 0.3) is 0 Å². The molecular weight excluding hydrogens is 180 g/mol. The van der Waals surface area contributed by atoms with E-state index in [9.17, 15) is 9.90 Å². The van der Waals surface area contributed by atoms with Crippen molar-refractivity contribution in [2.45, 2.75) is 52.7 Å². The maximum Gasteiger partial charge on any atom is 0.310 e. The number of hydrogen-bond donors (Lipinski definition) is 1. The molecule has 0 bridgehead atoms. The molecule has 0 spiro atoms. The van der Waals surface area contributed by atoms with Gasteiger partial charge in [0.05, 0.1) is 12.0 Å². The van der Waals surface area contributed by atoms with Crippen molar-refractivity contribution in [2.75, 3.05) is 0 Å². The van der Waals surface area contributed by atoms with E-state index in [-0.39, 0.29) is 23.4 Å². The van der Waals surface area contributed by atoms with Crippen LogP contribution in [0.25, 0.3) is 0 Å². The zero-order valence-corrected chi connectivity index (χ0v) is 9.63. The predicted molar refractivity (Wildman–Crippen MR) is 53.7 cm³/mol. The Morgan fingerprint density at radius 1 is 1.43 bits per heavy atom. The Morgan fingerprint density at radius 2 is 1.93 bits per heavy atom. The Kier molecular flexibility index (Phi) is 2.65. The van der Waals surface area contributed by atoms with E-state index in [4.69, 9.17) is 4.74 Å². The van der Waals surface area contributed by atoms with E-state index in [1.54, 1.807) is 0 Å². The second-order valence-corrected chi connectivity index (χ2v) is 5.66. The van der Waals surface area contributed by atoms with Crippen LogP contribution >= 0.6 is 0 Å². The van der Waals surface area contributed by atoms with E-state index in [0.29, 0.717) is 6.42 Å². The van der Waals surface area contributed by atoms with Crippen LogP contribution in [0, 0.1) is 11.3 Å². The number of carbonyl (C=O) groups excluding carboxylic acids is 1. The van der Waals surface area contributed by atoms with Crippen LogP contribution < -0.4 is 0 Å². The molecule has 0 aliphatic heterocycles. The fourth-order valence-electron chi connectivity index (χ4n) is 1.68. The van der Waals surface area contributed by atoms with Crippen LogP contribution in [0.1, 0.15) is 41.0 Å². The third-order valence-corrected chi connectivity index (χ3v) is 2.91. The van der Waals surface area contributed by atoms with Crippen molar-refractivity contribution in [3.8, 4) is 0 Å². The molecule has 1 aliphatic rings. The van der Waals surface area contributed by atoms with Gasteiger partial charge in [0, 0.05) is 5.41 Å². The van der Waals surface area contributed by atoms with Crippen molar-refractivity contribution in [3.05, 3.63) is 0 Å². The molecular formula is C11H20O3. The molecule has 0 aromatic carbocycles. The van der Waals surface area contributed by atoms with Crippen molar-refractivity contribution in [2.24, 2.45) is 11.3 Å². The summed E-state index contributed by atoms with van der Waals surface area (Å²) in [5, 5.41) is 9.49. The maximum atomic E-state index is 11.7. The highest BCUT2D eigenvalue weighted by Gasteiger charge is 2.52. The lowest BCUT2D eigenvalue weighted by Gasteiger charge is -2.48. The summed E-state index contributed by atoms with van der Waals surface area (Å²) < 4.78 is 5.28. The van der Waals surface area contributed by atoms with Crippen LogP contribution in [0.2, 0.25) is 0 Å². The molecule has 3 nitrogen and oxygen atoms in total. The lowest BCUT2D eigenvalue weighted by molar-refractivity contribution is -0.185. The van der Waals surface area contributed by atoms with Gasteiger partial charge in [-0.05, 0) is 27.2 Å². The molecule has 0 amide bonds. The van der Waals surface area contributed by atoms with Gasteiger partial charge >= 0.3 is 5.97 Å². The predicted octanol–water partition coefficient (Wildman–Crippen LogP) is 1.74. The van der Waals surface area contributed by atoms with Gasteiger partial charge in [-0.25, -0.2) is 0 Å². The van der Waals surface area contributed by atoms with Gasteiger partial charge in [-0.15, -0.1) is 0 Å². The fourth-order valence-corrected chi connectivity index (χ4v) is 1.68. The molecule has 1 fully saturated rings. The van der Waals surface area contributed by atoms with Crippen molar-refractivity contribution in [1.82, 2.24) is 0 Å². The lowest BCUT2D eigenvalue weighted by Crippen LogP contribution is -2.53. The van der Waals surface area contributed by atoms with E-state index in [1.165, 1.54) is 0 Å². The van der Waals surface area contributed by atoms with Crippen LogP contribution in [-0.2, 0) is 9.53 Å². The maximum absolute atomic E-state index is 11.7. The number of hydrogen-bond acceptors (Lipinski definition) is 3. The second-order valence-electron chi connectivity index (χ2n) is 5.66. The minimum Gasteiger partial charge on any atom is -0.460 e. The van der Waals surface area contributed by atoms with Crippen molar-refractivity contribution < 1.29 is 14.6 Å². The fraction of sp³-hybridized carbons (Fsp3) is 0.909. The van der Waals surface area contributed by atoms with Crippen LogP contribution in [-0.4, -0.2) is 22.8 Å². The molecule has 0 aromatic heterocycles. The largest absolute Gasteiger partial charge is 0.460 e. The molecule has 0 aromatic rings. The molecule has 1 rings (SSSR count). The molecule has 14 heavy (non-hydrogen) atoms. The molecule has 82 valence electrons. The molecule has 1 saturated carbocycles. The van der Waals surface area contributed by atoms with Crippen molar-refractivity contribution >= 4 is 5.97 Å². The van der Waals surface area contributed by atoms with Crippen LogP contribution in [0.4, 0.5) is 0 Å². The summed E-state index contributed by atoms with van der Waals surface area (Å²) in [6, 6.07) is 0. The molecule has 3 heteroatoms. The Bertz CT molecular complexity index is 237. The van der Waals surface area contributed by atoms with E-state index < -0.39 is 5.60 Å². The summed E-state index contributed by atoms with van der Waals surface area (Å²) in [5.41, 5.74) is -0.768. The summed E-state index contributed by atoms with van der Waals surface area (Å²) in [7, 11) is 0. The Morgan fingerprint density at radius 3 is 2.21 bits per heavy atom. The average molecular weight is 200 g/mol. The first-order valence-corrected chi connectivity index (χ1v) is 5.05. The van der Waals surface area contributed by atoms with Gasteiger partial charge in [-0.1, -0.05) is 13.8 Å².